The summed E-state index contributed by atoms with van der Waals surface area (Å²) in [6.45, 7) is 4.58. The zero-order valence-electron chi connectivity index (χ0n) is 15.8. The topological polar surface area (TPSA) is 97.2 Å². The van der Waals surface area contributed by atoms with Crippen molar-refractivity contribution in [2.75, 3.05) is 18.4 Å². The van der Waals surface area contributed by atoms with Gasteiger partial charge in [-0.2, -0.15) is 5.10 Å². The first-order valence-electron chi connectivity index (χ1n) is 8.91. The van der Waals surface area contributed by atoms with Gasteiger partial charge in [-0.05, 0) is 44.7 Å². The summed E-state index contributed by atoms with van der Waals surface area (Å²) in [5, 5.41) is 6.83. The number of aryl methyl sites for hydroxylation is 1. The molecule has 3 heterocycles. The molecule has 146 valence electrons. The Morgan fingerprint density at radius 1 is 1.22 bits per heavy atom. The van der Waals surface area contributed by atoms with Gasteiger partial charge in [-0.1, -0.05) is 0 Å². The molecule has 0 radical (unpaired) electrons. The highest BCUT2D eigenvalue weighted by Crippen LogP contribution is 2.37. The second-order valence-corrected chi connectivity index (χ2v) is 9.91. The lowest BCUT2D eigenvalue weighted by Gasteiger charge is -2.39. The molecule has 0 unspecified atom stereocenters. The summed E-state index contributed by atoms with van der Waals surface area (Å²) in [6.07, 6.45) is 7.44. The van der Waals surface area contributed by atoms with Crippen LogP contribution < -0.4 is 5.32 Å². The molecule has 1 saturated heterocycles. The molecular weight excluding hydrogens is 366 g/mol. The summed E-state index contributed by atoms with van der Waals surface area (Å²) in [4.78, 5) is 18.3. The van der Waals surface area contributed by atoms with Crippen molar-refractivity contribution in [1.82, 2.24) is 19.7 Å². The lowest BCUT2D eigenvalue weighted by atomic mass is 9.86. The van der Waals surface area contributed by atoms with Crippen LogP contribution in [0.15, 0.2) is 41.8 Å². The van der Waals surface area contributed by atoms with Crippen LogP contribution in [0.3, 0.4) is 0 Å². The summed E-state index contributed by atoms with van der Waals surface area (Å²) in [7, 11) is -1.81. The number of anilines is 1. The van der Waals surface area contributed by atoms with Crippen molar-refractivity contribution in [2.24, 2.45) is 13.0 Å². The third-order valence-corrected chi connectivity index (χ3v) is 7.93. The van der Waals surface area contributed by atoms with Crippen LogP contribution in [0, 0.1) is 5.92 Å². The Morgan fingerprint density at radius 3 is 2.41 bits per heavy atom. The second kappa shape index (κ2) is 7.30. The molecule has 0 atom stereocenters. The van der Waals surface area contributed by atoms with Crippen LogP contribution in [0.25, 0.3) is 0 Å². The fourth-order valence-electron chi connectivity index (χ4n) is 3.48. The van der Waals surface area contributed by atoms with Crippen molar-refractivity contribution in [1.29, 1.82) is 0 Å². The lowest BCUT2D eigenvalue weighted by molar-refractivity contribution is 0.171. The first kappa shape index (κ1) is 19.3. The molecule has 2 aromatic heterocycles. The lowest BCUT2D eigenvalue weighted by Crippen LogP contribution is -2.48. The number of hydrogen-bond acceptors (Lipinski definition) is 5. The molecule has 0 spiro atoms. The van der Waals surface area contributed by atoms with E-state index in [1.165, 1.54) is 17.1 Å². The number of pyridine rings is 1. The summed E-state index contributed by atoms with van der Waals surface area (Å²) in [5.41, 5.74) is 0.691. The maximum atomic E-state index is 13.1. The quantitative estimate of drug-likeness (QED) is 0.863. The van der Waals surface area contributed by atoms with Crippen molar-refractivity contribution >= 4 is 21.6 Å². The second-order valence-electron chi connectivity index (χ2n) is 7.38. The van der Waals surface area contributed by atoms with Gasteiger partial charge in [-0.3, -0.25) is 9.67 Å². The molecular formula is C18H25N5O3S. The van der Waals surface area contributed by atoms with Crippen molar-refractivity contribution in [3.63, 3.8) is 0 Å². The van der Waals surface area contributed by atoms with E-state index in [2.05, 4.69) is 15.4 Å². The number of hydrogen-bond donors (Lipinski definition) is 1. The van der Waals surface area contributed by atoms with E-state index in [0.717, 1.165) is 0 Å². The van der Waals surface area contributed by atoms with Gasteiger partial charge < -0.3 is 10.2 Å². The summed E-state index contributed by atoms with van der Waals surface area (Å²) < 4.78 is 26.7. The largest absolute Gasteiger partial charge is 0.325 e. The first-order chi connectivity index (χ1) is 12.7. The van der Waals surface area contributed by atoms with Gasteiger partial charge in [-0.25, -0.2) is 13.2 Å². The predicted octanol–water partition coefficient (Wildman–Crippen LogP) is 2.31. The van der Waals surface area contributed by atoms with E-state index in [1.54, 1.807) is 50.3 Å². The number of nitrogens with one attached hydrogen (secondary N) is 1. The Hall–Kier alpha value is -2.42. The molecule has 9 heteroatoms. The molecule has 0 aromatic carbocycles. The fourth-order valence-corrected chi connectivity index (χ4v) is 5.24. The Labute approximate surface area is 159 Å². The van der Waals surface area contributed by atoms with Crippen LogP contribution in [-0.2, 0) is 16.9 Å². The standard InChI is InChI=1S/C18H25N5O3S/c1-18(2,27(25,26)16-12-20-22(3)13-16)14-6-10-23(11-7-14)17(24)21-15-4-8-19-9-5-15/h4-5,8-9,12-14H,6-7,10-11H2,1-3H3,(H,19,21,24). The summed E-state index contributed by atoms with van der Waals surface area (Å²) in [6, 6.07) is 3.29. The third-order valence-electron chi connectivity index (χ3n) is 5.38. The van der Waals surface area contributed by atoms with Crippen LogP contribution in [0.4, 0.5) is 10.5 Å². The zero-order chi connectivity index (χ0) is 19.7. The number of aromatic nitrogens is 3. The van der Waals surface area contributed by atoms with Gasteiger partial charge in [0.2, 0.25) is 0 Å². The molecule has 1 aliphatic rings. The Morgan fingerprint density at radius 2 is 1.85 bits per heavy atom. The number of carbonyl (C=O) groups is 1. The van der Waals surface area contributed by atoms with Crippen LogP contribution in [0.1, 0.15) is 26.7 Å². The molecule has 1 aliphatic heterocycles. The van der Waals surface area contributed by atoms with Gasteiger partial charge in [0, 0.05) is 44.4 Å². The smallest absolute Gasteiger partial charge is 0.321 e. The normalized spacial score (nSPS) is 16.3. The number of sulfone groups is 1. The predicted molar refractivity (Wildman–Crippen MR) is 102 cm³/mol. The van der Waals surface area contributed by atoms with Crippen LogP contribution in [0.5, 0.6) is 0 Å². The highest BCUT2D eigenvalue weighted by atomic mass is 32.2. The molecule has 2 amide bonds. The molecule has 0 saturated carbocycles. The van der Waals surface area contributed by atoms with E-state index >= 15 is 0 Å². The Kier molecular flexibility index (Phi) is 5.23. The first-order valence-corrected chi connectivity index (χ1v) is 10.4. The molecule has 27 heavy (non-hydrogen) atoms. The maximum absolute atomic E-state index is 13.1. The van der Waals surface area contributed by atoms with Gasteiger partial charge in [-0.15, -0.1) is 0 Å². The van der Waals surface area contributed by atoms with E-state index in [9.17, 15) is 13.2 Å². The Balaban J connectivity index is 1.65. The van der Waals surface area contributed by atoms with Crippen molar-refractivity contribution in [3.8, 4) is 0 Å². The van der Waals surface area contributed by atoms with E-state index in [-0.39, 0.29) is 16.8 Å². The van der Waals surface area contributed by atoms with E-state index < -0.39 is 14.6 Å². The number of nitrogens with zero attached hydrogens (tertiary/aromatic N) is 4. The number of likely N-dealkylation sites (tertiary alicyclic amines) is 1. The van der Waals surface area contributed by atoms with Gasteiger partial charge in [0.05, 0.1) is 10.9 Å². The van der Waals surface area contributed by atoms with Crippen LogP contribution >= 0.6 is 0 Å². The number of urea groups is 1. The van der Waals surface area contributed by atoms with Crippen molar-refractivity contribution < 1.29 is 13.2 Å². The zero-order valence-corrected chi connectivity index (χ0v) is 16.6. The number of amides is 2. The van der Waals surface area contributed by atoms with Crippen LogP contribution in [0.2, 0.25) is 0 Å². The van der Waals surface area contributed by atoms with E-state index in [4.69, 9.17) is 0 Å². The maximum Gasteiger partial charge on any atom is 0.321 e. The minimum absolute atomic E-state index is 0.0346. The fraction of sp³-hybridized carbons (Fsp3) is 0.500. The number of carbonyl (C=O) groups excluding carboxylic acids is 1. The third kappa shape index (κ3) is 3.83. The summed E-state index contributed by atoms with van der Waals surface area (Å²) >= 11 is 0. The van der Waals surface area contributed by atoms with Gasteiger partial charge >= 0.3 is 6.03 Å². The average molecular weight is 391 g/mol. The van der Waals surface area contributed by atoms with E-state index in [1.807, 2.05) is 0 Å². The minimum atomic E-state index is -3.51. The molecule has 1 fully saturated rings. The monoisotopic (exact) mass is 391 g/mol. The molecule has 0 aliphatic carbocycles. The summed E-state index contributed by atoms with van der Waals surface area (Å²) in [5.74, 6) is -0.0346. The average Bonchev–Trinajstić information content (AvgIpc) is 3.09. The van der Waals surface area contributed by atoms with Crippen molar-refractivity contribution in [2.45, 2.75) is 36.3 Å². The molecule has 1 N–H and O–H groups in total. The number of rotatable bonds is 4. The Bertz CT molecular complexity index is 900. The van der Waals surface area contributed by atoms with Crippen LogP contribution in [-0.4, -0.2) is 51.9 Å². The molecule has 0 bridgehead atoms. The van der Waals surface area contributed by atoms with Gasteiger partial charge in [0.25, 0.3) is 0 Å². The highest BCUT2D eigenvalue weighted by molar-refractivity contribution is 7.92. The minimum Gasteiger partial charge on any atom is -0.325 e. The molecule has 2 aromatic rings. The molecule has 8 nitrogen and oxygen atoms in total. The number of piperidine rings is 1. The SMILES string of the molecule is Cn1cc(S(=O)(=O)C(C)(C)C2CCN(C(=O)Nc3ccncc3)CC2)cn1. The van der Waals surface area contributed by atoms with Crippen molar-refractivity contribution in [3.05, 3.63) is 36.9 Å². The highest BCUT2D eigenvalue weighted by Gasteiger charge is 2.44. The van der Waals surface area contributed by atoms with E-state index in [0.29, 0.717) is 31.6 Å². The van der Waals surface area contributed by atoms with Gasteiger partial charge in [0.15, 0.2) is 9.84 Å². The van der Waals surface area contributed by atoms with Gasteiger partial charge in [0.1, 0.15) is 4.90 Å². The molecule has 3 rings (SSSR count).